The number of fused-ring (bicyclic) bond motifs is 2. The van der Waals surface area contributed by atoms with Crippen LogP contribution in [0.2, 0.25) is 5.15 Å². The highest BCUT2D eigenvalue weighted by molar-refractivity contribution is 7.89. The van der Waals surface area contributed by atoms with Gasteiger partial charge in [-0.25, -0.2) is 18.5 Å². The number of hydrogen-bond donors (Lipinski definition) is 2. The van der Waals surface area contributed by atoms with E-state index in [0.717, 1.165) is 22.0 Å². The quantitative estimate of drug-likeness (QED) is 0.323. The predicted octanol–water partition coefficient (Wildman–Crippen LogP) is 4.52. The fourth-order valence-corrected chi connectivity index (χ4v) is 5.11. The molecule has 3 N–H and O–H groups in total. The molecule has 0 aliphatic rings. The summed E-state index contributed by atoms with van der Waals surface area (Å²) in [6, 6.07) is 13.3. The van der Waals surface area contributed by atoms with Crippen molar-refractivity contribution in [3.63, 3.8) is 0 Å². The topological polar surface area (TPSA) is 133 Å². The second kappa shape index (κ2) is 8.74. The van der Waals surface area contributed by atoms with E-state index < -0.39 is 16.1 Å². The summed E-state index contributed by atoms with van der Waals surface area (Å²) in [5.74, 6) is 0.411. The van der Waals surface area contributed by atoms with Crippen molar-refractivity contribution in [3.05, 3.63) is 81.2 Å². The van der Waals surface area contributed by atoms with Crippen molar-refractivity contribution in [1.29, 1.82) is 0 Å². The van der Waals surface area contributed by atoms with Crippen LogP contribution in [0.15, 0.2) is 69.0 Å². The van der Waals surface area contributed by atoms with Crippen molar-refractivity contribution in [3.8, 4) is 11.3 Å². The number of primary sulfonamides is 1. The number of nitrogens with two attached hydrogens (primary N) is 1. The Morgan fingerprint density at radius 3 is 2.67 bits per heavy atom. The van der Waals surface area contributed by atoms with E-state index in [2.05, 4.69) is 15.4 Å². The molecule has 11 heteroatoms. The molecule has 5 rings (SSSR count). The molecule has 3 heterocycles. The SMILES string of the molecule is Cc1cc(C(C)Nc2ccc(Cl)nc2S(N)(=O)=O)c2oc(-c3ccc4nn(C)cc4c3)cc(=O)c2c1. The number of sulfonamides is 1. The average molecular weight is 524 g/mol. The number of anilines is 1. The molecule has 0 fully saturated rings. The number of nitrogens with one attached hydrogen (secondary N) is 1. The Bertz CT molecular complexity index is 1830. The molecule has 3 aromatic heterocycles. The van der Waals surface area contributed by atoms with Gasteiger partial charge in [0.1, 0.15) is 16.5 Å². The summed E-state index contributed by atoms with van der Waals surface area (Å²) in [5, 5.41) is 13.8. The zero-order valence-electron chi connectivity index (χ0n) is 19.6. The minimum Gasteiger partial charge on any atom is -0.455 e. The molecule has 1 unspecified atom stereocenters. The first-order chi connectivity index (χ1) is 17.0. The van der Waals surface area contributed by atoms with Crippen LogP contribution in [0.3, 0.4) is 0 Å². The Balaban J connectivity index is 1.64. The van der Waals surface area contributed by atoms with Gasteiger partial charge in [-0.2, -0.15) is 5.10 Å². The molecule has 5 aromatic rings. The van der Waals surface area contributed by atoms with Crippen molar-refractivity contribution < 1.29 is 12.8 Å². The molecule has 184 valence electrons. The Kier molecular flexibility index (Phi) is 5.82. The molecule has 0 spiro atoms. The fourth-order valence-electron chi connectivity index (χ4n) is 4.26. The summed E-state index contributed by atoms with van der Waals surface area (Å²) in [6.07, 6.45) is 1.89. The van der Waals surface area contributed by atoms with Crippen LogP contribution in [0, 0.1) is 6.92 Å². The lowest BCUT2D eigenvalue weighted by atomic mass is 10.0. The van der Waals surface area contributed by atoms with Gasteiger partial charge >= 0.3 is 0 Å². The van der Waals surface area contributed by atoms with Crippen LogP contribution < -0.4 is 15.9 Å². The second-order valence-corrected chi connectivity index (χ2v) is 10.5. The van der Waals surface area contributed by atoms with Gasteiger partial charge in [-0.3, -0.25) is 9.48 Å². The van der Waals surface area contributed by atoms with E-state index in [9.17, 15) is 13.2 Å². The monoisotopic (exact) mass is 523 g/mol. The molecule has 9 nitrogen and oxygen atoms in total. The van der Waals surface area contributed by atoms with E-state index in [4.69, 9.17) is 21.2 Å². The Hall–Kier alpha value is -3.73. The summed E-state index contributed by atoms with van der Waals surface area (Å²) in [4.78, 5) is 17.0. The molecule has 0 aliphatic carbocycles. The molecule has 0 saturated carbocycles. The highest BCUT2D eigenvalue weighted by Gasteiger charge is 2.21. The number of benzene rings is 2. The third-order valence-corrected chi connectivity index (χ3v) is 6.90. The molecule has 0 radical (unpaired) electrons. The molecule has 0 amide bonds. The summed E-state index contributed by atoms with van der Waals surface area (Å²) in [7, 11) is -2.29. The van der Waals surface area contributed by atoms with Gasteiger partial charge in [0, 0.05) is 35.8 Å². The van der Waals surface area contributed by atoms with Crippen LogP contribution in [0.1, 0.15) is 24.1 Å². The molecule has 36 heavy (non-hydrogen) atoms. The third-order valence-electron chi connectivity index (χ3n) is 5.84. The number of nitrogens with zero attached hydrogens (tertiary/aromatic N) is 3. The predicted molar refractivity (Wildman–Crippen MR) is 140 cm³/mol. The van der Waals surface area contributed by atoms with Crippen molar-refractivity contribution in [2.45, 2.75) is 24.9 Å². The van der Waals surface area contributed by atoms with E-state index in [0.29, 0.717) is 22.3 Å². The lowest BCUT2D eigenvalue weighted by Gasteiger charge is -2.19. The van der Waals surface area contributed by atoms with Crippen LogP contribution in [0.4, 0.5) is 5.69 Å². The second-order valence-electron chi connectivity index (χ2n) is 8.68. The van der Waals surface area contributed by atoms with E-state index in [-0.39, 0.29) is 21.3 Å². The summed E-state index contributed by atoms with van der Waals surface area (Å²) in [5.41, 5.74) is 3.48. The van der Waals surface area contributed by atoms with Gasteiger partial charge < -0.3 is 9.73 Å². The largest absolute Gasteiger partial charge is 0.455 e. The first kappa shape index (κ1) is 24.0. The molecule has 0 bridgehead atoms. The van der Waals surface area contributed by atoms with Crippen molar-refractivity contribution in [1.82, 2.24) is 14.8 Å². The van der Waals surface area contributed by atoms with Gasteiger partial charge in [-0.15, -0.1) is 0 Å². The smallest absolute Gasteiger partial charge is 0.257 e. The van der Waals surface area contributed by atoms with Crippen LogP contribution in [-0.2, 0) is 17.1 Å². The highest BCUT2D eigenvalue weighted by Crippen LogP contribution is 2.32. The van der Waals surface area contributed by atoms with E-state index in [1.54, 1.807) is 10.7 Å². The number of aromatic nitrogens is 3. The normalized spacial score (nSPS) is 12.8. The molecular weight excluding hydrogens is 502 g/mol. The van der Waals surface area contributed by atoms with Crippen molar-refractivity contribution >= 4 is 49.2 Å². The molecule has 0 saturated heterocycles. The molecule has 2 aromatic carbocycles. The zero-order chi connectivity index (χ0) is 25.8. The minimum absolute atomic E-state index is 0.000503. The van der Waals surface area contributed by atoms with Crippen LogP contribution in [0.25, 0.3) is 33.2 Å². The Morgan fingerprint density at radius 2 is 1.92 bits per heavy atom. The first-order valence-corrected chi connectivity index (χ1v) is 12.9. The summed E-state index contributed by atoms with van der Waals surface area (Å²) >= 11 is 5.89. The van der Waals surface area contributed by atoms with Crippen molar-refractivity contribution in [2.75, 3.05) is 5.32 Å². The lowest BCUT2D eigenvalue weighted by Crippen LogP contribution is -2.18. The minimum atomic E-state index is -4.14. The van der Waals surface area contributed by atoms with Crippen molar-refractivity contribution in [2.24, 2.45) is 12.2 Å². The maximum absolute atomic E-state index is 13.1. The number of pyridine rings is 1. The summed E-state index contributed by atoms with van der Waals surface area (Å²) in [6.45, 7) is 3.70. The maximum Gasteiger partial charge on any atom is 0.257 e. The number of aryl methyl sites for hydroxylation is 2. The Morgan fingerprint density at radius 1 is 1.14 bits per heavy atom. The van der Waals surface area contributed by atoms with E-state index in [1.807, 2.05) is 51.4 Å². The Labute approximate surface area is 211 Å². The van der Waals surface area contributed by atoms with Crippen LogP contribution in [0.5, 0.6) is 0 Å². The first-order valence-electron chi connectivity index (χ1n) is 11.0. The highest BCUT2D eigenvalue weighted by atomic mass is 35.5. The van der Waals surface area contributed by atoms with E-state index in [1.165, 1.54) is 18.2 Å². The lowest BCUT2D eigenvalue weighted by molar-refractivity contribution is 0.594. The number of rotatable bonds is 5. The maximum atomic E-state index is 13.1. The standard InChI is InChI=1S/C25H22ClN5O4S/c1-13-8-17(14(2)28-20-6-7-23(26)29-25(20)36(27,33)34)24-18(9-13)21(32)11-22(35-24)15-4-5-19-16(10-15)12-31(3)30-19/h4-12,14,28H,1-3H3,(H2,27,33,34). The van der Waals surface area contributed by atoms with Gasteiger partial charge in [0.2, 0.25) is 0 Å². The molecular formula is C25H22ClN5O4S. The molecule has 1 atom stereocenters. The van der Waals surface area contributed by atoms with Crippen LogP contribution >= 0.6 is 11.6 Å². The zero-order valence-corrected chi connectivity index (χ0v) is 21.2. The van der Waals surface area contributed by atoms with Gasteiger partial charge in [0.25, 0.3) is 10.0 Å². The van der Waals surface area contributed by atoms with Gasteiger partial charge in [-0.1, -0.05) is 17.7 Å². The number of halogens is 1. The van der Waals surface area contributed by atoms with Gasteiger partial charge in [-0.05, 0) is 55.8 Å². The third kappa shape index (κ3) is 4.46. The van der Waals surface area contributed by atoms with E-state index >= 15 is 0 Å². The van der Waals surface area contributed by atoms with Crippen LogP contribution in [-0.4, -0.2) is 23.2 Å². The number of hydrogen-bond acceptors (Lipinski definition) is 7. The summed E-state index contributed by atoms with van der Waals surface area (Å²) < 4.78 is 32.2. The molecule has 0 aliphatic heterocycles. The fraction of sp³-hybridized carbons (Fsp3) is 0.160. The van der Waals surface area contributed by atoms with Gasteiger partial charge in [0.05, 0.1) is 22.6 Å². The van der Waals surface area contributed by atoms with Gasteiger partial charge in [0.15, 0.2) is 10.5 Å². The average Bonchev–Trinajstić information content (AvgIpc) is 3.18.